The largest absolute Gasteiger partial charge is 0.393 e. The molecule has 0 aromatic rings. The molecule has 0 saturated heterocycles. The highest BCUT2D eigenvalue weighted by Crippen LogP contribution is 2.75. The second-order valence-corrected chi connectivity index (χ2v) is 15.5. The van der Waals surface area contributed by atoms with E-state index >= 15 is 0 Å². The lowest BCUT2D eigenvalue weighted by Crippen LogP contribution is -2.66. The molecule has 1 amide bonds. The van der Waals surface area contributed by atoms with E-state index in [0.717, 1.165) is 56.4 Å². The third-order valence-corrected chi connectivity index (χ3v) is 13.4. The number of aliphatic hydroxyl groups is 1. The average molecular weight is 500 g/mol. The number of hydroxylamine groups is 2. The molecule has 4 fully saturated rings. The molecule has 5 aliphatic rings. The van der Waals surface area contributed by atoms with Crippen LogP contribution in [-0.4, -0.2) is 40.2 Å². The number of allylic oxidation sites excluding steroid dienone is 2. The number of carbonyl (C=O) groups is 2. The van der Waals surface area contributed by atoms with Crippen LogP contribution in [0, 0.1) is 50.2 Å². The molecule has 0 aromatic carbocycles. The lowest BCUT2D eigenvalue weighted by molar-refractivity contribution is -0.203. The minimum absolute atomic E-state index is 0.0335. The standard InChI is InChI=1S/C31H49NO4/c1-26(2)22-9-12-31(7)24(29(22,5)11-10-23(26)34)21(33)17-19-20-18-28(4,25(35)32(8)36)14-13-27(20,3)15-16-30(19,31)6/h17,20,22-24,34,36H,9-16,18H2,1-8H3/t20-,22-,23?,24+,27+,28-,29-,30+,31+/m0/s1. The molecule has 4 saturated carbocycles. The molecule has 0 spiro atoms. The van der Waals surface area contributed by atoms with Gasteiger partial charge in [-0.15, -0.1) is 0 Å². The Morgan fingerprint density at radius 1 is 0.944 bits per heavy atom. The van der Waals surface area contributed by atoms with Crippen molar-refractivity contribution in [2.24, 2.45) is 50.2 Å². The number of ketones is 1. The summed E-state index contributed by atoms with van der Waals surface area (Å²) < 4.78 is 0. The van der Waals surface area contributed by atoms with Crippen molar-refractivity contribution < 1.29 is 19.9 Å². The first-order valence-electron chi connectivity index (χ1n) is 14.4. The predicted octanol–water partition coefficient (Wildman–Crippen LogP) is 6.18. The van der Waals surface area contributed by atoms with Crippen LogP contribution in [0.2, 0.25) is 0 Å². The van der Waals surface area contributed by atoms with Crippen molar-refractivity contribution >= 4 is 11.7 Å². The minimum Gasteiger partial charge on any atom is -0.393 e. The third-order valence-electron chi connectivity index (χ3n) is 13.4. The molecule has 5 aliphatic carbocycles. The molecule has 0 bridgehead atoms. The van der Waals surface area contributed by atoms with E-state index in [4.69, 9.17) is 0 Å². The molecule has 5 rings (SSSR count). The first-order chi connectivity index (χ1) is 16.5. The van der Waals surface area contributed by atoms with Gasteiger partial charge in [0.2, 0.25) is 0 Å². The number of rotatable bonds is 1. The highest BCUT2D eigenvalue weighted by molar-refractivity contribution is 5.95. The number of fused-ring (bicyclic) bond motifs is 7. The van der Waals surface area contributed by atoms with Gasteiger partial charge in [-0.05, 0) is 103 Å². The summed E-state index contributed by atoms with van der Waals surface area (Å²) in [5.74, 6) is 0.551. The van der Waals surface area contributed by atoms with Gasteiger partial charge in [-0.1, -0.05) is 54.0 Å². The smallest absolute Gasteiger partial charge is 0.251 e. The van der Waals surface area contributed by atoms with Gasteiger partial charge >= 0.3 is 0 Å². The molecule has 0 radical (unpaired) electrons. The van der Waals surface area contributed by atoms with Gasteiger partial charge in [0.05, 0.1) is 6.10 Å². The maximum atomic E-state index is 14.3. The predicted molar refractivity (Wildman–Crippen MR) is 140 cm³/mol. The number of aliphatic hydroxyl groups excluding tert-OH is 1. The van der Waals surface area contributed by atoms with Crippen LogP contribution in [0.1, 0.15) is 106 Å². The molecule has 0 aliphatic heterocycles. The minimum atomic E-state index is -0.610. The Morgan fingerprint density at radius 3 is 2.22 bits per heavy atom. The Balaban J connectivity index is 1.60. The van der Waals surface area contributed by atoms with E-state index in [9.17, 15) is 19.9 Å². The second-order valence-electron chi connectivity index (χ2n) is 15.5. The zero-order valence-electron chi connectivity index (χ0n) is 23.9. The van der Waals surface area contributed by atoms with E-state index in [2.05, 4.69) is 41.5 Å². The molecule has 0 heterocycles. The lowest BCUT2D eigenvalue weighted by atomic mass is 9.33. The number of nitrogens with zero attached hydrogens (tertiary/aromatic N) is 1. The summed E-state index contributed by atoms with van der Waals surface area (Å²) in [7, 11) is 1.43. The molecule has 202 valence electrons. The Kier molecular flexibility index (Phi) is 5.64. The van der Waals surface area contributed by atoms with Gasteiger partial charge in [0.25, 0.3) is 5.91 Å². The molecule has 2 N–H and O–H groups in total. The van der Waals surface area contributed by atoms with Crippen molar-refractivity contribution in [3.05, 3.63) is 11.6 Å². The quantitative estimate of drug-likeness (QED) is 0.334. The molecule has 0 aromatic heterocycles. The summed E-state index contributed by atoms with van der Waals surface area (Å²) in [6, 6.07) is 0. The zero-order chi connectivity index (χ0) is 26.7. The Bertz CT molecular complexity index is 1020. The van der Waals surface area contributed by atoms with Crippen LogP contribution < -0.4 is 0 Å². The van der Waals surface area contributed by atoms with E-state index in [-0.39, 0.29) is 56.7 Å². The van der Waals surface area contributed by atoms with Crippen molar-refractivity contribution in [1.29, 1.82) is 0 Å². The summed E-state index contributed by atoms with van der Waals surface area (Å²) >= 11 is 0. The van der Waals surface area contributed by atoms with Crippen LogP contribution in [0.25, 0.3) is 0 Å². The highest BCUT2D eigenvalue weighted by atomic mass is 16.5. The maximum Gasteiger partial charge on any atom is 0.251 e. The number of hydrogen-bond acceptors (Lipinski definition) is 4. The van der Waals surface area contributed by atoms with Crippen molar-refractivity contribution in [1.82, 2.24) is 5.06 Å². The van der Waals surface area contributed by atoms with Gasteiger partial charge in [0, 0.05) is 18.4 Å². The Labute approximate surface area is 218 Å². The summed E-state index contributed by atoms with van der Waals surface area (Å²) in [6.07, 6.45) is 10.1. The molecule has 1 unspecified atom stereocenters. The lowest BCUT2D eigenvalue weighted by Gasteiger charge is -2.70. The SMILES string of the molecule is CN(O)C(=O)[C@@]1(C)CC[C@]2(C)CC[C@]3(C)C(=CC(=O)[C@@H]4[C@@]5(C)CCC(O)C(C)(C)[C@@H]5CC[C@]43C)[C@@H]2C1. The van der Waals surface area contributed by atoms with Gasteiger partial charge in [-0.25, -0.2) is 5.06 Å². The van der Waals surface area contributed by atoms with Crippen LogP contribution in [0.15, 0.2) is 11.6 Å². The van der Waals surface area contributed by atoms with Crippen molar-refractivity contribution in [3.8, 4) is 0 Å². The number of hydrogen-bond donors (Lipinski definition) is 2. The van der Waals surface area contributed by atoms with Crippen LogP contribution in [0.5, 0.6) is 0 Å². The van der Waals surface area contributed by atoms with Gasteiger partial charge < -0.3 is 5.11 Å². The molecule has 9 atom stereocenters. The highest BCUT2D eigenvalue weighted by Gasteiger charge is 2.70. The monoisotopic (exact) mass is 499 g/mol. The van der Waals surface area contributed by atoms with Crippen LogP contribution >= 0.6 is 0 Å². The van der Waals surface area contributed by atoms with Gasteiger partial charge in [0.15, 0.2) is 5.78 Å². The van der Waals surface area contributed by atoms with Crippen molar-refractivity contribution in [2.45, 2.75) is 112 Å². The Hall–Kier alpha value is -1.20. The molecular weight excluding hydrogens is 450 g/mol. The first kappa shape index (κ1) is 26.4. The number of amides is 1. The summed E-state index contributed by atoms with van der Waals surface area (Å²) in [5.41, 5.74) is 0.237. The van der Waals surface area contributed by atoms with Gasteiger partial charge in [0.1, 0.15) is 0 Å². The van der Waals surface area contributed by atoms with Gasteiger partial charge in [-0.3, -0.25) is 14.8 Å². The normalized spacial score (nSPS) is 51.7. The fraction of sp³-hybridized carbons (Fsp3) is 0.871. The molecular formula is C31H49NO4. The molecule has 36 heavy (non-hydrogen) atoms. The summed E-state index contributed by atoms with van der Waals surface area (Å²) in [6.45, 7) is 16.0. The fourth-order valence-electron chi connectivity index (χ4n) is 10.8. The first-order valence-corrected chi connectivity index (χ1v) is 14.4. The zero-order valence-corrected chi connectivity index (χ0v) is 23.9. The van der Waals surface area contributed by atoms with Crippen molar-refractivity contribution in [3.63, 3.8) is 0 Å². The summed E-state index contributed by atoms with van der Waals surface area (Å²) in [5, 5.41) is 21.7. The fourth-order valence-corrected chi connectivity index (χ4v) is 10.8. The van der Waals surface area contributed by atoms with E-state index in [1.165, 1.54) is 12.6 Å². The van der Waals surface area contributed by atoms with E-state index in [0.29, 0.717) is 12.3 Å². The number of carbonyl (C=O) groups excluding carboxylic acids is 2. The van der Waals surface area contributed by atoms with Crippen molar-refractivity contribution in [2.75, 3.05) is 7.05 Å². The average Bonchev–Trinajstić information content (AvgIpc) is 2.78. The Morgan fingerprint density at radius 2 is 1.58 bits per heavy atom. The van der Waals surface area contributed by atoms with E-state index in [1.807, 2.05) is 13.0 Å². The second kappa shape index (κ2) is 7.68. The molecule has 5 heteroatoms. The third kappa shape index (κ3) is 3.14. The molecule has 5 nitrogen and oxygen atoms in total. The van der Waals surface area contributed by atoms with Crippen LogP contribution in [-0.2, 0) is 9.59 Å². The topological polar surface area (TPSA) is 77.8 Å². The van der Waals surface area contributed by atoms with Crippen LogP contribution in [0.4, 0.5) is 0 Å². The maximum absolute atomic E-state index is 14.3. The van der Waals surface area contributed by atoms with Gasteiger partial charge in [-0.2, -0.15) is 0 Å². The van der Waals surface area contributed by atoms with E-state index < -0.39 is 5.41 Å². The summed E-state index contributed by atoms with van der Waals surface area (Å²) in [4.78, 5) is 27.4. The van der Waals surface area contributed by atoms with Crippen LogP contribution in [0.3, 0.4) is 0 Å². The van der Waals surface area contributed by atoms with E-state index in [1.54, 1.807) is 0 Å².